The smallest absolute Gasteiger partial charge is 0.264 e. The lowest BCUT2D eigenvalue weighted by Gasteiger charge is -2.34. The maximum Gasteiger partial charge on any atom is 0.264 e. The molecule has 2 amide bonds. The van der Waals surface area contributed by atoms with Crippen LogP contribution in [0.3, 0.4) is 0 Å². The number of carbonyl (C=O) groups is 2. The average Bonchev–Trinajstić information content (AvgIpc) is 3.06. The molecule has 8 nitrogen and oxygen atoms in total. The first kappa shape index (κ1) is 34.5. The maximum atomic E-state index is 14.6. The van der Waals surface area contributed by atoms with Crippen LogP contribution in [0.1, 0.15) is 36.5 Å². The number of anilines is 1. The molecule has 0 heterocycles. The summed E-state index contributed by atoms with van der Waals surface area (Å²) in [5.74, 6) is -0.343. The quantitative estimate of drug-likeness (QED) is 0.149. The lowest BCUT2D eigenvalue weighted by molar-refractivity contribution is -0.140. The second kappa shape index (κ2) is 16.3. The van der Waals surface area contributed by atoms with Crippen LogP contribution < -0.4 is 14.4 Å². The van der Waals surface area contributed by atoms with Crippen LogP contribution >= 0.6 is 11.6 Å². The van der Waals surface area contributed by atoms with E-state index in [2.05, 4.69) is 5.32 Å². The zero-order valence-corrected chi connectivity index (χ0v) is 27.9. The number of sulfonamides is 1. The molecule has 0 aliphatic rings. The molecule has 242 valence electrons. The van der Waals surface area contributed by atoms with Crippen LogP contribution in [-0.4, -0.2) is 51.4 Å². The van der Waals surface area contributed by atoms with E-state index in [9.17, 15) is 18.0 Å². The summed E-state index contributed by atoms with van der Waals surface area (Å²) in [6.45, 7) is 3.99. The number of unbranched alkanes of at least 4 members (excludes halogenated alkanes) is 1. The standard InChI is InChI=1S/C36H40ClN3O5S/c1-4-5-22-38-36(42)34(23-28-13-7-6-8-14-28)39(25-29-15-10-9-12-27(29)2)35(41)26-40(31-17-11-16-30(37)24-31)46(43,44)33-20-18-32(45-3)19-21-33/h6-21,24,34H,4-5,22-23,25-26H2,1-3H3,(H,38,42)/t34-/m1/s1. The van der Waals surface area contributed by atoms with E-state index in [1.807, 2.05) is 68.4 Å². The number of nitrogens with zero attached hydrogens (tertiary/aromatic N) is 2. The van der Waals surface area contributed by atoms with Crippen molar-refractivity contribution in [1.29, 1.82) is 0 Å². The second-order valence-corrected chi connectivity index (χ2v) is 13.3. The van der Waals surface area contributed by atoms with E-state index in [-0.39, 0.29) is 29.5 Å². The Labute approximate surface area is 277 Å². The van der Waals surface area contributed by atoms with E-state index in [0.717, 1.165) is 33.8 Å². The zero-order chi connectivity index (χ0) is 33.1. The van der Waals surface area contributed by atoms with Crippen molar-refractivity contribution in [3.05, 3.63) is 125 Å². The fourth-order valence-corrected chi connectivity index (χ4v) is 6.66. The summed E-state index contributed by atoms with van der Waals surface area (Å²) in [4.78, 5) is 29.9. The van der Waals surface area contributed by atoms with Gasteiger partial charge in [-0.25, -0.2) is 8.42 Å². The number of methoxy groups -OCH3 is 1. The van der Waals surface area contributed by atoms with E-state index >= 15 is 0 Å². The van der Waals surface area contributed by atoms with Crippen molar-refractivity contribution in [3.8, 4) is 5.75 Å². The van der Waals surface area contributed by atoms with Gasteiger partial charge in [0.2, 0.25) is 11.8 Å². The SMILES string of the molecule is CCCCNC(=O)[C@@H](Cc1ccccc1)N(Cc1ccccc1C)C(=O)CN(c1cccc(Cl)c1)S(=O)(=O)c1ccc(OC)cc1. The number of nitrogens with one attached hydrogen (secondary N) is 1. The number of benzene rings is 4. The topological polar surface area (TPSA) is 96.0 Å². The summed E-state index contributed by atoms with van der Waals surface area (Å²) in [5, 5.41) is 3.32. The number of hydrogen-bond acceptors (Lipinski definition) is 5. The molecule has 46 heavy (non-hydrogen) atoms. The van der Waals surface area contributed by atoms with Crippen LogP contribution in [0, 0.1) is 6.92 Å². The number of ether oxygens (including phenoxy) is 1. The highest BCUT2D eigenvalue weighted by Gasteiger charge is 2.35. The first-order valence-electron chi connectivity index (χ1n) is 15.2. The molecule has 0 aromatic heterocycles. The molecular formula is C36H40ClN3O5S. The summed E-state index contributed by atoms with van der Waals surface area (Å²) < 4.78 is 34.6. The van der Waals surface area contributed by atoms with Gasteiger partial charge in [0.05, 0.1) is 17.7 Å². The van der Waals surface area contributed by atoms with Gasteiger partial charge in [-0.3, -0.25) is 13.9 Å². The highest BCUT2D eigenvalue weighted by atomic mass is 35.5. The fraction of sp³-hybridized carbons (Fsp3) is 0.278. The van der Waals surface area contributed by atoms with Crippen molar-refractivity contribution < 1.29 is 22.7 Å². The van der Waals surface area contributed by atoms with Crippen LogP contribution in [0.15, 0.2) is 108 Å². The molecule has 0 spiro atoms. The minimum absolute atomic E-state index is 0.0235. The van der Waals surface area contributed by atoms with Crippen molar-refractivity contribution >= 4 is 39.1 Å². The summed E-state index contributed by atoms with van der Waals surface area (Å²) >= 11 is 6.30. The van der Waals surface area contributed by atoms with Gasteiger partial charge in [-0.1, -0.05) is 85.6 Å². The Balaban J connectivity index is 1.80. The van der Waals surface area contributed by atoms with Crippen LogP contribution in [0.25, 0.3) is 0 Å². The van der Waals surface area contributed by atoms with Crippen LogP contribution in [0.4, 0.5) is 5.69 Å². The molecule has 0 radical (unpaired) electrons. The molecule has 0 unspecified atom stereocenters. The Kier molecular flexibility index (Phi) is 12.2. The molecule has 1 atom stereocenters. The van der Waals surface area contributed by atoms with Gasteiger partial charge in [0.15, 0.2) is 0 Å². The number of aryl methyl sites for hydroxylation is 1. The Morgan fingerprint density at radius 1 is 0.913 bits per heavy atom. The van der Waals surface area contributed by atoms with Gasteiger partial charge in [-0.2, -0.15) is 0 Å². The van der Waals surface area contributed by atoms with Gasteiger partial charge in [-0.15, -0.1) is 0 Å². The van der Waals surface area contributed by atoms with Crippen molar-refractivity contribution in [1.82, 2.24) is 10.2 Å². The Hall–Kier alpha value is -4.34. The number of hydrogen-bond donors (Lipinski definition) is 1. The van der Waals surface area contributed by atoms with Crippen molar-refractivity contribution in [2.45, 2.75) is 50.6 Å². The molecule has 1 N–H and O–H groups in total. The van der Waals surface area contributed by atoms with Gasteiger partial charge in [0.25, 0.3) is 10.0 Å². The Bertz CT molecular complexity index is 1720. The fourth-order valence-electron chi connectivity index (χ4n) is 5.07. The predicted octanol–water partition coefficient (Wildman–Crippen LogP) is 6.41. The van der Waals surface area contributed by atoms with Crippen molar-refractivity contribution in [2.24, 2.45) is 0 Å². The second-order valence-electron chi connectivity index (χ2n) is 11.0. The molecule has 0 bridgehead atoms. The first-order valence-corrected chi connectivity index (χ1v) is 17.0. The van der Waals surface area contributed by atoms with Crippen LogP contribution in [0.5, 0.6) is 5.75 Å². The monoisotopic (exact) mass is 661 g/mol. The van der Waals surface area contributed by atoms with Crippen molar-refractivity contribution in [2.75, 3.05) is 24.5 Å². The van der Waals surface area contributed by atoms with Crippen LogP contribution in [-0.2, 0) is 32.6 Å². The third kappa shape index (κ3) is 8.89. The highest BCUT2D eigenvalue weighted by Crippen LogP contribution is 2.28. The van der Waals surface area contributed by atoms with E-state index in [4.69, 9.17) is 16.3 Å². The maximum absolute atomic E-state index is 14.6. The molecule has 0 fully saturated rings. The van der Waals surface area contributed by atoms with Crippen molar-refractivity contribution in [3.63, 3.8) is 0 Å². The normalized spacial score (nSPS) is 11.8. The van der Waals surface area contributed by atoms with E-state index in [1.165, 1.54) is 30.2 Å². The molecule has 0 aliphatic heterocycles. The van der Waals surface area contributed by atoms with Gasteiger partial charge in [0.1, 0.15) is 18.3 Å². The van der Waals surface area contributed by atoms with Crippen LogP contribution in [0.2, 0.25) is 5.02 Å². The number of halogens is 1. The number of carbonyl (C=O) groups excluding carboxylic acids is 2. The summed E-state index contributed by atoms with van der Waals surface area (Å²) in [5.41, 5.74) is 2.89. The van der Waals surface area contributed by atoms with Gasteiger partial charge in [-0.05, 0) is 72.5 Å². The largest absolute Gasteiger partial charge is 0.497 e. The summed E-state index contributed by atoms with van der Waals surface area (Å²) in [6, 6.07) is 28.5. The minimum Gasteiger partial charge on any atom is -0.497 e. The third-order valence-corrected chi connectivity index (χ3v) is 9.75. The molecule has 10 heteroatoms. The van der Waals surface area contributed by atoms with E-state index in [1.54, 1.807) is 30.3 Å². The lowest BCUT2D eigenvalue weighted by atomic mass is 10.0. The van der Waals surface area contributed by atoms with E-state index in [0.29, 0.717) is 17.3 Å². The molecule has 0 saturated carbocycles. The predicted molar refractivity (Wildman–Crippen MR) is 183 cm³/mol. The molecule has 0 aliphatic carbocycles. The third-order valence-electron chi connectivity index (χ3n) is 7.73. The zero-order valence-electron chi connectivity index (χ0n) is 26.4. The van der Waals surface area contributed by atoms with Gasteiger partial charge in [0, 0.05) is 24.5 Å². The van der Waals surface area contributed by atoms with Gasteiger partial charge >= 0.3 is 0 Å². The highest BCUT2D eigenvalue weighted by molar-refractivity contribution is 7.92. The summed E-state index contributed by atoms with van der Waals surface area (Å²) in [7, 11) is -2.76. The minimum atomic E-state index is -4.26. The Morgan fingerprint density at radius 3 is 2.26 bits per heavy atom. The number of amides is 2. The summed E-state index contributed by atoms with van der Waals surface area (Å²) in [6.07, 6.45) is 1.93. The molecule has 4 rings (SSSR count). The molecule has 4 aromatic carbocycles. The average molecular weight is 662 g/mol. The molecule has 0 saturated heterocycles. The Morgan fingerprint density at radius 2 is 1.61 bits per heavy atom. The number of rotatable bonds is 15. The molecule has 4 aromatic rings. The van der Waals surface area contributed by atoms with Gasteiger partial charge < -0.3 is 15.0 Å². The molecular weight excluding hydrogens is 622 g/mol. The van der Waals surface area contributed by atoms with E-state index < -0.39 is 28.5 Å². The first-order chi connectivity index (χ1) is 22.1. The lowest BCUT2D eigenvalue weighted by Crippen LogP contribution is -2.53.